The normalized spacial score (nSPS) is 28.9. The molecule has 0 amide bonds. The van der Waals surface area contributed by atoms with Crippen LogP contribution in [0.2, 0.25) is 0 Å². The Bertz CT molecular complexity index is 305. The Morgan fingerprint density at radius 1 is 1.17 bits per heavy atom. The van der Waals surface area contributed by atoms with Crippen molar-refractivity contribution in [3.05, 3.63) is 35.4 Å². The monoisotopic (exact) mass is 159 g/mol. The molecule has 62 valence electrons. The van der Waals surface area contributed by atoms with Crippen LogP contribution in [0.15, 0.2) is 24.3 Å². The van der Waals surface area contributed by atoms with Crippen molar-refractivity contribution < 1.29 is 0 Å². The topological polar surface area (TPSA) is 26.0 Å². The molecule has 2 N–H and O–H groups in total. The van der Waals surface area contributed by atoms with Gasteiger partial charge >= 0.3 is 0 Å². The zero-order chi connectivity index (χ0) is 8.18. The highest BCUT2D eigenvalue weighted by Crippen LogP contribution is 2.54. The molecule has 0 aliphatic heterocycles. The van der Waals surface area contributed by atoms with Gasteiger partial charge in [0, 0.05) is 6.04 Å². The van der Waals surface area contributed by atoms with Gasteiger partial charge in [-0.15, -0.1) is 0 Å². The van der Waals surface area contributed by atoms with E-state index >= 15 is 0 Å². The van der Waals surface area contributed by atoms with Crippen molar-refractivity contribution in [2.45, 2.75) is 25.3 Å². The summed E-state index contributed by atoms with van der Waals surface area (Å²) in [5, 5.41) is 0. The molecule has 1 aromatic carbocycles. The Balaban J connectivity index is 2.01. The SMILES string of the molecule is N[C@H]1CC12Cc1ccccc1C2. The van der Waals surface area contributed by atoms with Crippen molar-refractivity contribution in [1.29, 1.82) is 0 Å². The van der Waals surface area contributed by atoms with Crippen molar-refractivity contribution in [2.24, 2.45) is 11.1 Å². The molecule has 1 atom stereocenters. The van der Waals surface area contributed by atoms with E-state index in [1.165, 1.54) is 30.4 Å². The summed E-state index contributed by atoms with van der Waals surface area (Å²) in [6.45, 7) is 0. The van der Waals surface area contributed by atoms with Gasteiger partial charge in [0.25, 0.3) is 0 Å². The number of rotatable bonds is 0. The maximum Gasteiger partial charge on any atom is 0.0109 e. The van der Waals surface area contributed by atoms with Crippen molar-refractivity contribution in [3.63, 3.8) is 0 Å². The van der Waals surface area contributed by atoms with E-state index < -0.39 is 0 Å². The molecule has 1 aromatic rings. The third kappa shape index (κ3) is 0.721. The Morgan fingerprint density at radius 2 is 1.67 bits per heavy atom. The third-order valence-corrected chi connectivity index (χ3v) is 3.46. The standard InChI is InChI=1S/C11H13N/c12-10-7-11(10)5-8-3-1-2-4-9(8)6-11/h1-4,10H,5-7,12H2/t10-/m0/s1. The van der Waals surface area contributed by atoms with Gasteiger partial charge in [0.1, 0.15) is 0 Å². The zero-order valence-electron chi connectivity index (χ0n) is 7.09. The van der Waals surface area contributed by atoms with Crippen LogP contribution in [0.5, 0.6) is 0 Å². The van der Waals surface area contributed by atoms with Crippen LogP contribution in [0, 0.1) is 5.41 Å². The molecule has 0 unspecified atom stereocenters. The maximum absolute atomic E-state index is 5.94. The molecule has 2 aliphatic carbocycles. The first kappa shape index (κ1) is 6.67. The summed E-state index contributed by atoms with van der Waals surface area (Å²) in [7, 11) is 0. The molecule has 2 aliphatic rings. The molecule has 3 rings (SSSR count). The largest absolute Gasteiger partial charge is 0.327 e. The van der Waals surface area contributed by atoms with Gasteiger partial charge in [-0.25, -0.2) is 0 Å². The molecule has 0 saturated heterocycles. The quantitative estimate of drug-likeness (QED) is 0.610. The van der Waals surface area contributed by atoms with Crippen molar-refractivity contribution in [2.75, 3.05) is 0 Å². The van der Waals surface area contributed by atoms with Crippen molar-refractivity contribution >= 4 is 0 Å². The molecule has 0 heterocycles. The number of benzene rings is 1. The van der Waals surface area contributed by atoms with E-state index in [0.29, 0.717) is 11.5 Å². The zero-order valence-corrected chi connectivity index (χ0v) is 7.09. The van der Waals surface area contributed by atoms with E-state index in [1.54, 1.807) is 0 Å². The maximum atomic E-state index is 5.94. The van der Waals surface area contributed by atoms with Gasteiger partial charge in [-0.1, -0.05) is 24.3 Å². The summed E-state index contributed by atoms with van der Waals surface area (Å²) in [5.41, 5.74) is 9.50. The summed E-state index contributed by atoms with van der Waals surface area (Å²) in [4.78, 5) is 0. The first-order valence-electron chi connectivity index (χ1n) is 4.63. The molecule has 0 aromatic heterocycles. The molecule has 1 heteroatoms. The lowest BCUT2D eigenvalue weighted by molar-refractivity contribution is 0.524. The molecule has 1 saturated carbocycles. The van der Waals surface area contributed by atoms with Crippen LogP contribution in [0.25, 0.3) is 0 Å². The predicted molar refractivity (Wildman–Crippen MR) is 48.9 cm³/mol. The van der Waals surface area contributed by atoms with Gasteiger partial charge in [-0.3, -0.25) is 0 Å². The van der Waals surface area contributed by atoms with Crippen LogP contribution in [0.3, 0.4) is 0 Å². The fraction of sp³-hybridized carbons (Fsp3) is 0.455. The first-order chi connectivity index (χ1) is 5.80. The molecule has 1 fully saturated rings. The summed E-state index contributed by atoms with van der Waals surface area (Å²) in [6.07, 6.45) is 3.69. The second-order valence-electron chi connectivity index (χ2n) is 4.30. The van der Waals surface area contributed by atoms with Crippen molar-refractivity contribution in [3.8, 4) is 0 Å². The van der Waals surface area contributed by atoms with Gasteiger partial charge in [0.2, 0.25) is 0 Å². The van der Waals surface area contributed by atoms with E-state index in [2.05, 4.69) is 24.3 Å². The van der Waals surface area contributed by atoms with Crippen LogP contribution in [-0.4, -0.2) is 6.04 Å². The minimum atomic E-state index is 0.477. The highest BCUT2D eigenvalue weighted by atomic mass is 14.8. The van der Waals surface area contributed by atoms with Crippen LogP contribution >= 0.6 is 0 Å². The fourth-order valence-corrected chi connectivity index (χ4v) is 2.51. The Kier molecular flexibility index (Phi) is 1.06. The number of fused-ring (bicyclic) bond motifs is 1. The number of hydrogen-bond acceptors (Lipinski definition) is 1. The highest BCUT2D eigenvalue weighted by Gasteiger charge is 2.54. The van der Waals surface area contributed by atoms with Crippen LogP contribution in [0.4, 0.5) is 0 Å². The Hall–Kier alpha value is -0.820. The molecule has 0 bridgehead atoms. The Morgan fingerprint density at radius 3 is 2.08 bits per heavy atom. The van der Waals surface area contributed by atoms with E-state index in [4.69, 9.17) is 5.73 Å². The predicted octanol–water partition coefficient (Wildman–Crippen LogP) is 1.50. The van der Waals surface area contributed by atoms with Crippen LogP contribution < -0.4 is 5.73 Å². The molecule has 1 nitrogen and oxygen atoms in total. The average Bonchev–Trinajstić information content (AvgIpc) is 2.57. The summed E-state index contributed by atoms with van der Waals surface area (Å²) in [6, 6.07) is 9.23. The minimum Gasteiger partial charge on any atom is -0.327 e. The van der Waals surface area contributed by atoms with Gasteiger partial charge in [-0.2, -0.15) is 0 Å². The second-order valence-corrected chi connectivity index (χ2v) is 4.30. The average molecular weight is 159 g/mol. The lowest BCUT2D eigenvalue weighted by atomic mass is 10.0. The van der Waals surface area contributed by atoms with E-state index in [1.807, 2.05) is 0 Å². The van der Waals surface area contributed by atoms with Crippen molar-refractivity contribution in [1.82, 2.24) is 0 Å². The molecular weight excluding hydrogens is 146 g/mol. The molecule has 1 spiro atoms. The minimum absolute atomic E-state index is 0.477. The summed E-state index contributed by atoms with van der Waals surface area (Å²) in [5.74, 6) is 0. The lowest BCUT2D eigenvalue weighted by Gasteiger charge is -2.02. The van der Waals surface area contributed by atoms with E-state index in [-0.39, 0.29) is 0 Å². The number of nitrogens with two attached hydrogens (primary N) is 1. The summed E-state index contributed by atoms with van der Waals surface area (Å²) >= 11 is 0. The Labute approximate surface area is 72.6 Å². The lowest BCUT2D eigenvalue weighted by Crippen LogP contribution is -2.13. The van der Waals surface area contributed by atoms with Crippen LogP contribution in [0.1, 0.15) is 17.5 Å². The van der Waals surface area contributed by atoms with E-state index in [0.717, 1.165) is 0 Å². The molecule has 0 radical (unpaired) electrons. The van der Waals surface area contributed by atoms with Gasteiger partial charge in [0.05, 0.1) is 0 Å². The van der Waals surface area contributed by atoms with E-state index in [9.17, 15) is 0 Å². The molecule has 12 heavy (non-hydrogen) atoms. The van der Waals surface area contributed by atoms with Gasteiger partial charge in [-0.05, 0) is 35.8 Å². The van der Waals surface area contributed by atoms with Gasteiger partial charge in [0.15, 0.2) is 0 Å². The summed E-state index contributed by atoms with van der Waals surface area (Å²) < 4.78 is 0. The van der Waals surface area contributed by atoms with Gasteiger partial charge < -0.3 is 5.73 Å². The van der Waals surface area contributed by atoms with Crippen LogP contribution in [-0.2, 0) is 12.8 Å². The highest BCUT2D eigenvalue weighted by molar-refractivity contribution is 5.38. The first-order valence-corrected chi connectivity index (χ1v) is 4.63. The molecular formula is C11H13N. The smallest absolute Gasteiger partial charge is 0.0109 e. The third-order valence-electron chi connectivity index (χ3n) is 3.46. The fourth-order valence-electron chi connectivity index (χ4n) is 2.51. The number of hydrogen-bond donors (Lipinski definition) is 1. The second kappa shape index (κ2) is 1.91.